The van der Waals surface area contributed by atoms with Crippen LogP contribution in [0.1, 0.15) is 44.5 Å². The summed E-state index contributed by atoms with van der Waals surface area (Å²) >= 11 is 0. The standard InChI is InChI=1S/C62H43N/c1-6-23-44(24-7-1)50-33-18-21-39-58(50)63(49-41-42-52-51-34-16-19-36-54(51)62(57(52)43-49,47-29-12-4-13-30-47)48-31-14-5-15-32-48)59-40-22-38-56-60(59)53-35-17-20-37-55(53)61(56,45-25-8-2-9-26-45)46-27-10-3-11-28-46/h1-43H. The SMILES string of the molecule is c1ccc(-c2ccccc2N(c2ccc3c(c2)C(c2ccccc2)(c2ccccc2)c2ccccc2-3)c2cccc3c2-c2ccccc2C3(c2ccccc2)c2ccccc2)cc1. The van der Waals surface area contributed by atoms with Gasteiger partial charge in [0.1, 0.15) is 0 Å². The zero-order valence-electron chi connectivity index (χ0n) is 34.8. The second kappa shape index (κ2) is 14.9. The summed E-state index contributed by atoms with van der Waals surface area (Å²) in [7, 11) is 0. The second-order valence-corrected chi connectivity index (χ2v) is 16.7. The molecule has 0 fully saturated rings. The fourth-order valence-electron chi connectivity index (χ4n) is 11.2. The topological polar surface area (TPSA) is 3.24 Å². The van der Waals surface area contributed by atoms with Crippen molar-refractivity contribution < 1.29 is 0 Å². The Kier molecular flexibility index (Phi) is 8.69. The van der Waals surface area contributed by atoms with Gasteiger partial charge in [0.2, 0.25) is 0 Å². The van der Waals surface area contributed by atoms with Gasteiger partial charge in [0.25, 0.3) is 0 Å². The van der Waals surface area contributed by atoms with Crippen LogP contribution in [-0.2, 0) is 10.8 Å². The Bertz CT molecular complexity index is 3190. The predicted molar refractivity (Wildman–Crippen MR) is 261 cm³/mol. The molecule has 10 aromatic carbocycles. The van der Waals surface area contributed by atoms with E-state index in [0.29, 0.717) is 0 Å². The van der Waals surface area contributed by atoms with Gasteiger partial charge in [-0.05, 0) is 91.0 Å². The molecule has 0 saturated carbocycles. The number of anilines is 3. The third kappa shape index (κ3) is 5.43. The summed E-state index contributed by atoms with van der Waals surface area (Å²) in [4.78, 5) is 2.55. The van der Waals surface area contributed by atoms with E-state index in [-0.39, 0.29) is 0 Å². The van der Waals surface area contributed by atoms with Crippen molar-refractivity contribution in [1.29, 1.82) is 0 Å². The lowest BCUT2D eigenvalue weighted by Crippen LogP contribution is -2.29. The number of nitrogens with zero attached hydrogens (tertiary/aromatic N) is 1. The fraction of sp³-hybridized carbons (Fsp3) is 0.0323. The third-order valence-electron chi connectivity index (χ3n) is 13.6. The minimum atomic E-state index is -0.546. The van der Waals surface area contributed by atoms with E-state index >= 15 is 0 Å². The van der Waals surface area contributed by atoms with Crippen LogP contribution in [0.3, 0.4) is 0 Å². The average molecular weight is 802 g/mol. The molecule has 1 heteroatoms. The van der Waals surface area contributed by atoms with Crippen LogP contribution in [0.15, 0.2) is 261 Å². The Labute approximate surface area is 369 Å². The van der Waals surface area contributed by atoms with Crippen molar-refractivity contribution in [2.75, 3.05) is 4.90 Å². The van der Waals surface area contributed by atoms with E-state index in [9.17, 15) is 0 Å². The van der Waals surface area contributed by atoms with E-state index < -0.39 is 10.8 Å². The van der Waals surface area contributed by atoms with Crippen molar-refractivity contribution in [1.82, 2.24) is 0 Å². The maximum absolute atomic E-state index is 2.55. The lowest BCUT2D eigenvalue weighted by molar-refractivity contribution is 0.768. The highest BCUT2D eigenvalue weighted by atomic mass is 15.1. The van der Waals surface area contributed by atoms with Gasteiger partial charge in [-0.2, -0.15) is 0 Å². The molecule has 2 aliphatic carbocycles. The normalized spacial score (nSPS) is 13.7. The van der Waals surface area contributed by atoms with Gasteiger partial charge in [-0.15, -0.1) is 0 Å². The Morgan fingerprint density at radius 3 is 1.22 bits per heavy atom. The Morgan fingerprint density at radius 2 is 0.651 bits per heavy atom. The van der Waals surface area contributed by atoms with Gasteiger partial charge < -0.3 is 4.90 Å². The minimum Gasteiger partial charge on any atom is -0.309 e. The van der Waals surface area contributed by atoms with Crippen LogP contribution < -0.4 is 4.90 Å². The van der Waals surface area contributed by atoms with Crippen molar-refractivity contribution in [3.05, 3.63) is 305 Å². The van der Waals surface area contributed by atoms with Gasteiger partial charge in [-0.3, -0.25) is 0 Å². The van der Waals surface area contributed by atoms with Crippen LogP contribution in [0.25, 0.3) is 33.4 Å². The van der Waals surface area contributed by atoms with Crippen molar-refractivity contribution in [2.45, 2.75) is 10.8 Å². The number of rotatable bonds is 8. The monoisotopic (exact) mass is 801 g/mol. The Balaban J connectivity index is 1.19. The number of fused-ring (bicyclic) bond motifs is 6. The summed E-state index contributed by atoms with van der Waals surface area (Å²) in [6.07, 6.45) is 0. The maximum Gasteiger partial charge on any atom is 0.0714 e. The van der Waals surface area contributed by atoms with E-state index in [4.69, 9.17) is 0 Å². The van der Waals surface area contributed by atoms with E-state index in [1.54, 1.807) is 0 Å². The first kappa shape index (κ1) is 36.8. The Morgan fingerprint density at radius 1 is 0.254 bits per heavy atom. The lowest BCUT2D eigenvalue weighted by Gasteiger charge is -2.36. The molecule has 0 radical (unpaired) electrons. The summed E-state index contributed by atoms with van der Waals surface area (Å²) in [5.74, 6) is 0. The van der Waals surface area contributed by atoms with E-state index in [0.717, 1.165) is 17.1 Å². The molecular weight excluding hydrogens is 759 g/mol. The highest BCUT2D eigenvalue weighted by Crippen LogP contribution is 2.61. The number of hydrogen-bond acceptors (Lipinski definition) is 1. The highest BCUT2D eigenvalue weighted by molar-refractivity contribution is 6.00. The van der Waals surface area contributed by atoms with Gasteiger partial charge in [0.05, 0.1) is 22.2 Å². The lowest BCUT2D eigenvalue weighted by atomic mass is 9.67. The molecule has 10 aromatic rings. The summed E-state index contributed by atoms with van der Waals surface area (Å²) < 4.78 is 0. The highest BCUT2D eigenvalue weighted by Gasteiger charge is 2.49. The summed E-state index contributed by atoms with van der Waals surface area (Å²) in [5, 5.41) is 0. The van der Waals surface area contributed by atoms with Gasteiger partial charge in [0.15, 0.2) is 0 Å². The van der Waals surface area contributed by atoms with Gasteiger partial charge in [-0.25, -0.2) is 0 Å². The van der Waals surface area contributed by atoms with Crippen LogP contribution >= 0.6 is 0 Å². The molecule has 0 aromatic heterocycles. The van der Waals surface area contributed by atoms with Crippen LogP contribution in [0.5, 0.6) is 0 Å². The number of benzene rings is 10. The van der Waals surface area contributed by atoms with Crippen LogP contribution in [0.2, 0.25) is 0 Å². The van der Waals surface area contributed by atoms with Crippen molar-refractivity contribution in [3.8, 4) is 33.4 Å². The quantitative estimate of drug-likeness (QED) is 0.148. The van der Waals surface area contributed by atoms with Gasteiger partial charge in [-0.1, -0.05) is 237 Å². The van der Waals surface area contributed by atoms with Gasteiger partial charge in [0, 0.05) is 16.8 Å². The van der Waals surface area contributed by atoms with Gasteiger partial charge >= 0.3 is 0 Å². The van der Waals surface area contributed by atoms with Crippen LogP contribution in [-0.4, -0.2) is 0 Å². The molecule has 296 valence electrons. The fourth-order valence-corrected chi connectivity index (χ4v) is 11.2. The Hall–Kier alpha value is -8.00. The zero-order chi connectivity index (χ0) is 41.8. The molecule has 0 atom stereocenters. The molecule has 0 heterocycles. The molecule has 0 amide bonds. The first-order valence-corrected chi connectivity index (χ1v) is 21.9. The molecule has 0 bridgehead atoms. The van der Waals surface area contributed by atoms with E-state index in [1.807, 2.05) is 0 Å². The van der Waals surface area contributed by atoms with Crippen molar-refractivity contribution in [2.24, 2.45) is 0 Å². The molecule has 63 heavy (non-hydrogen) atoms. The molecule has 1 nitrogen and oxygen atoms in total. The molecule has 0 aliphatic heterocycles. The molecule has 0 unspecified atom stereocenters. The average Bonchev–Trinajstić information content (AvgIpc) is 3.84. The summed E-state index contributed by atoms with van der Waals surface area (Å²) in [6, 6.07) is 96.5. The number of para-hydroxylation sites is 1. The largest absolute Gasteiger partial charge is 0.309 e. The maximum atomic E-state index is 2.55. The number of hydrogen-bond donors (Lipinski definition) is 0. The summed E-state index contributed by atoms with van der Waals surface area (Å²) in [6.45, 7) is 0. The molecule has 0 spiro atoms. The minimum absolute atomic E-state index is 0.537. The molecular formula is C62H43N. The second-order valence-electron chi connectivity index (χ2n) is 16.7. The third-order valence-corrected chi connectivity index (χ3v) is 13.6. The zero-order valence-corrected chi connectivity index (χ0v) is 34.8. The first-order valence-electron chi connectivity index (χ1n) is 21.9. The van der Waals surface area contributed by atoms with E-state index in [2.05, 4.69) is 266 Å². The molecule has 0 saturated heterocycles. The van der Waals surface area contributed by atoms with Crippen LogP contribution in [0.4, 0.5) is 17.1 Å². The predicted octanol–water partition coefficient (Wildman–Crippen LogP) is 15.5. The van der Waals surface area contributed by atoms with Crippen molar-refractivity contribution >= 4 is 17.1 Å². The first-order chi connectivity index (χ1) is 31.3. The van der Waals surface area contributed by atoms with E-state index in [1.165, 1.54) is 77.9 Å². The molecule has 0 N–H and O–H groups in total. The van der Waals surface area contributed by atoms with Crippen molar-refractivity contribution in [3.63, 3.8) is 0 Å². The molecule has 2 aliphatic rings. The summed E-state index contributed by atoms with van der Waals surface area (Å²) in [5.41, 5.74) is 19.8. The molecule has 12 rings (SSSR count). The smallest absolute Gasteiger partial charge is 0.0714 e. The van der Waals surface area contributed by atoms with Crippen LogP contribution in [0, 0.1) is 0 Å².